The summed E-state index contributed by atoms with van der Waals surface area (Å²) in [5, 5.41) is 3.16. The van der Waals surface area contributed by atoms with Gasteiger partial charge in [0.05, 0.1) is 0 Å². The third kappa shape index (κ3) is 5.46. The minimum absolute atomic E-state index is 0.277. The fourth-order valence-corrected chi connectivity index (χ4v) is 1.59. The van der Waals surface area contributed by atoms with E-state index < -0.39 is 12.3 Å². The molecule has 110 valence electrons. The molecule has 0 bridgehead atoms. The predicted octanol–water partition coefficient (Wildman–Crippen LogP) is 1.58. The fourth-order valence-electron chi connectivity index (χ4n) is 1.47. The lowest BCUT2D eigenvalue weighted by Crippen LogP contribution is -2.45. The number of ether oxygens (including phenoxy) is 1. The van der Waals surface area contributed by atoms with Crippen molar-refractivity contribution in [2.24, 2.45) is 5.73 Å². The first-order valence-electron chi connectivity index (χ1n) is 6.21. The van der Waals surface area contributed by atoms with Crippen molar-refractivity contribution in [3.05, 3.63) is 29.3 Å². The van der Waals surface area contributed by atoms with Crippen molar-refractivity contribution in [1.29, 1.82) is 0 Å². The van der Waals surface area contributed by atoms with E-state index in [1.54, 1.807) is 31.2 Å². The number of carbonyl (C=O) groups is 2. The molecule has 0 heterocycles. The van der Waals surface area contributed by atoms with Crippen molar-refractivity contribution in [3.63, 3.8) is 0 Å². The Morgan fingerprint density at radius 1 is 1.50 bits per heavy atom. The Morgan fingerprint density at radius 2 is 2.15 bits per heavy atom. The zero-order valence-electron chi connectivity index (χ0n) is 11.2. The molecule has 0 aliphatic rings. The Kier molecular flexibility index (Phi) is 6.83. The molecule has 1 aromatic carbocycles. The van der Waals surface area contributed by atoms with Crippen LogP contribution >= 0.6 is 11.6 Å². The van der Waals surface area contributed by atoms with Crippen molar-refractivity contribution >= 4 is 24.0 Å². The van der Waals surface area contributed by atoms with Crippen molar-refractivity contribution in [3.8, 4) is 5.75 Å². The Balaban J connectivity index is 2.47. The van der Waals surface area contributed by atoms with Crippen LogP contribution in [0.5, 0.6) is 5.75 Å². The summed E-state index contributed by atoms with van der Waals surface area (Å²) in [6.45, 7) is 2.35. The van der Waals surface area contributed by atoms with Gasteiger partial charge in [0.15, 0.2) is 6.23 Å². The largest absolute Gasteiger partial charge is 0.471 e. The van der Waals surface area contributed by atoms with E-state index in [-0.39, 0.29) is 6.54 Å². The minimum atomic E-state index is -0.580. The van der Waals surface area contributed by atoms with Crippen LogP contribution in [-0.2, 0) is 4.79 Å². The van der Waals surface area contributed by atoms with Crippen LogP contribution < -0.4 is 15.8 Å². The van der Waals surface area contributed by atoms with Gasteiger partial charge in [-0.1, -0.05) is 11.6 Å². The third-order valence-electron chi connectivity index (χ3n) is 2.44. The van der Waals surface area contributed by atoms with Crippen molar-refractivity contribution < 1.29 is 14.3 Å². The number of urea groups is 1. The number of nitrogens with one attached hydrogen (secondary N) is 1. The minimum Gasteiger partial charge on any atom is -0.471 e. The summed E-state index contributed by atoms with van der Waals surface area (Å²) < 4.78 is 5.48. The smallest absolute Gasteiger partial charge is 0.326 e. The molecule has 1 aromatic rings. The summed E-state index contributed by atoms with van der Waals surface area (Å²) in [6, 6.07) is 6.23. The highest BCUT2D eigenvalue weighted by Crippen LogP contribution is 2.16. The second kappa shape index (κ2) is 8.39. The van der Waals surface area contributed by atoms with Gasteiger partial charge in [0.2, 0.25) is 6.41 Å². The summed E-state index contributed by atoms with van der Waals surface area (Å²) in [7, 11) is 0. The first-order valence-corrected chi connectivity index (χ1v) is 6.59. The van der Waals surface area contributed by atoms with Gasteiger partial charge in [0.25, 0.3) is 0 Å². The number of carbonyl (C=O) groups excluding carboxylic acids is 2. The van der Waals surface area contributed by atoms with Gasteiger partial charge < -0.3 is 15.8 Å². The number of benzene rings is 1. The molecule has 0 fully saturated rings. The Bertz CT molecular complexity index is 439. The number of hydrogen-bond donors (Lipinski definition) is 2. The van der Waals surface area contributed by atoms with Gasteiger partial charge in [-0.3, -0.25) is 9.69 Å². The number of nitrogens with two attached hydrogens (primary N) is 1. The Morgan fingerprint density at radius 3 is 2.70 bits per heavy atom. The van der Waals surface area contributed by atoms with Crippen LogP contribution in [0.25, 0.3) is 0 Å². The Hall–Kier alpha value is -1.79. The average Bonchev–Trinajstić information content (AvgIpc) is 2.42. The number of imide groups is 1. The van der Waals surface area contributed by atoms with E-state index in [0.717, 1.165) is 4.90 Å². The average molecular weight is 300 g/mol. The van der Waals surface area contributed by atoms with Crippen molar-refractivity contribution in [2.75, 3.05) is 13.1 Å². The molecule has 1 unspecified atom stereocenters. The molecule has 1 rings (SSSR count). The zero-order chi connectivity index (χ0) is 15.0. The van der Waals surface area contributed by atoms with Gasteiger partial charge in [-0.2, -0.15) is 0 Å². The van der Waals surface area contributed by atoms with E-state index >= 15 is 0 Å². The zero-order valence-corrected chi connectivity index (χ0v) is 12.0. The van der Waals surface area contributed by atoms with E-state index in [2.05, 4.69) is 5.32 Å². The molecule has 0 aliphatic heterocycles. The lowest BCUT2D eigenvalue weighted by Gasteiger charge is -2.20. The molecular weight excluding hydrogens is 282 g/mol. The first kappa shape index (κ1) is 16.3. The van der Waals surface area contributed by atoms with Crippen LogP contribution in [0.1, 0.15) is 13.3 Å². The van der Waals surface area contributed by atoms with Gasteiger partial charge >= 0.3 is 6.03 Å². The maximum atomic E-state index is 11.8. The van der Waals surface area contributed by atoms with E-state index in [1.807, 2.05) is 0 Å². The Labute approximate surface area is 122 Å². The molecule has 1 atom stereocenters. The summed E-state index contributed by atoms with van der Waals surface area (Å²) in [4.78, 5) is 23.6. The summed E-state index contributed by atoms with van der Waals surface area (Å²) >= 11 is 5.76. The van der Waals surface area contributed by atoms with Crippen molar-refractivity contribution in [1.82, 2.24) is 10.2 Å². The molecule has 6 nitrogen and oxygen atoms in total. The number of amides is 3. The molecule has 0 radical (unpaired) electrons. The van der Waals surface area contributed by atoms with E-state index in [1.165, 1.54) is 0 Å². The molecule has 0 aromatic heterocycles. The second-order valence-corrected chi connectivity index (χ2v) is 4.54. The van der Waals surface area contributed by atoms with E-state index in [4.69, 9.17) is 22.1 Å². The summed E-state index contributed by atoms with van der Waals surface area (Å²) in [5.41, 5.74) is 5.34. The van der Waals surface area contributed by atoms with Gasteiger partial charge in [0, 0.05) is 11.6 Å². The highest BCUT2D eigenvalue weighted by molar-refractivity contribution is 6.30. The molecule has 3 amide bonds. The van der Waals surface area contributed by atoms with Gasteiger partial charge in [-0.25, -0.2) is 4.79 Å². The molecular formula is C13H18ClN3O3. The topological polar surface area (TPSA) is 84.7 Å². The number of rotatable bonds is 7. The van der Waals surface area contributed by atoms with Crippen LogP contribution in [0, 0.1) is 0 Å². The monoisotopic (exact) mass is 299 g/mol. The van der Waals surface area contributed by atoms with Gasteiger partial charge in [0.1, 0.15) is 5.75 Å². The molecule has 0 spiro atoms. The maximum Gasteiger partial charge on any atom is 0.326 e. The van der Waals surface area contributed by atoms with Crippen LogP contribution in [0.4, 0.5) is 4.79 Å². The molecule has 7 heteroatoms. The lowest BCUT2D eigenvalue weighted by atomic mass is 10.3. The molecule has 0 saturated carbocycles. The quantitative estimate of drug-likeness (QED) is 0.591. The van der Waals surface area contributed by atoms with Crippen LogP contribution in [-0.4, -0.2) is 36.7 Å². The first-order chi connectivity index (χ1) is 9.56. The lowest BCUT2D eigenvalue weighted by molar-refractivity contribution is -0.115. The standard InChI is InChI=1S/C13H18ClN3O3/c1-10(20-12-5-3-11(14)4-6-12)16-13(19)17(9-18)8-2-7-15/h3-6,9-10H,2,7-8,15H2,1H3,(H,16,19). The van der Waals surface area contributed by atoms with E-state index in [9.17, 15) is 9.59 Å². The number of nitrogens with zero attached hydrogens (tertiary/aromatic N) is 1. The van der Waals surface area contributed by atoms with Crippen molar-refractivity contribution in [2.45, 2.75) is 19.6 Å². The molecule has 0 aliphatic carbocycles. The predicted molar refractivity (Wildman–Crippen MR) is 76.5 cm³/mol. The summed E-state index contributed by atoms with van der Waals surface area (Å²) in [5.74, 6) is 0.571. The molecule has 20 heavy (non-hydrogen) atoms. The van der Waals surface area contributed by atoms with Crippen LogP contribution in [0.3, 0.4) is 0 Å². The SMILES string of the molecule is CC(NC(=O)N(C=O)CCCN)Oc1ccc(Cl)cc1. The van der Waals surface area contributed by atoms with Gasteiger partial charge in [-0.05, 0) is 44.2 Å². The van der Waals surface area contributed by atoms with Crippen LogP contribution in [0.15, 0.2) is 24.3 Å². The highest BCUT2D eigenvalue weighted by atomic mass is 35.5. The number of hydrogen-bond acceptors (Lipinski definition) is 4. The fraction of sp³-hybridized carbons (Fsp3) is 0.385. The molecule has 0 saturated heterocycles. The van der Waals surface area contributed by atoms with Crippen LogP contribution in [0.2, 0.25) is 5.02 Å². The maximum absolute atomic E-state index is 11.8. The number of halogens is 1. The molecule has 3 N–H and O–H groups in total. The third-order valence-corrected chi connectivity index (χ3v) is 2.70. The second-order valence-electron chi connectivity index (χ2n) is 4.10. The highest BCUT2D eigenvalue weighted by Gasteiger charge is 2.15. The van der Waals surface area contributed by atoms with E-state index in [0.29, 0.717) is 30.1 Å². The summed E-state index contributed by atoms with van der Waals surface area (Å²) in [6.07, 6.45) is 0.447. The van der Waals surface area contributed by atoms with Gasteiger partial charge in [-0.15, -0.1) is 0 Å². The normalized spacial score (nSPS) is 11.6.